The van der Waals surface area contributed by atoms with Crippen molar-refractivity contribution >= 4 is 22.8 Å². The van der Waals surface area contributed by atoms with Crippen LogP contribution in [0.4, 0.5) is 5.82 Å². The van der Waals surface area contributed by atoms with E-state index in [9.17, 15) is 0 Å². The Morgan fingerprint density at radius 3 is 2.81 bits per heavy atom. The molecule has 3 aromatic heterocycles. The molecular formula is C19H18N6S. The quantitative estimate of drug-likeness (QED) is 0.565. The summed E-state index contributed by atoms with van der Waals surface area (Å²) in [5.74, 6) is 2.35. The van der Waals surface area contributed by atoms with Gasteiger partial charge in [-0.05, 0) is 25.0 Å². The van der Waals surface area contributed by atoms with Crippen LogP contribution in [-0.4, -0.2) is 31.3 Å². The highest BCUT2D eigenvalue weighted by Crippen LogP contribution is 2.38. The third-order valence-corrected chi connectivity index (χ3v) is 5.43. The number of thiazole rings is 1. The van der Waals surface area contributed by atoms with Gasteiger partial charge in [-0.2, -0.15) is 4.52 Å². The molecule has 1 saturated carbocycles. The summed E-state index contributed by atoms with van der Waals surface area (Å²) >= 11 is 1.69. The molecule has 1 aromatic carbocycles. The number of nitrogens with one attached hydrogen (secondary N) is 1. The Bertz CT molecular complexity index is 1030. The molecule has 0 bridgehead atoms. The van der Waals surface area contributed by atoms with Crippen LogP contribution in [0.15, 0.2) is 47.8 Å². The molecule has 0 unspecified atom stereocenters. The van der Waals surface area contributed by atoms with Gasteiger partial charge in [0.2, 0.25) is 0 Å². The van der Waals surface area contributed by atoms with Gasteiger partial charge in [-0.1, -0.05) is 30.3 Å². The maximum absolute atomic E-state index is 4.73. The Morgan fingerprint density at radius 1 is 1.08 bits per heavy atom. The number of benzene rings is 1. The average molecular weight is 362 g/mol. The molecule has 4 aromatic rings. The van der Waals surface area contributed by atoms with Gasteiger partial charge < -0.3 is 5.32 Å². The van der Waals surface area contributed by atoms with E-state index >= 15 is 0 Å². The van der Waals surface area contributed by atoms with Gasteiger partial charge in [0.1, 0.15) is 10.8 Å². The van der Waals surface area contributed by atoms with Crippen LogP contribution in [0.25, 0.3) is 16.2 Å². The van der Waals surface area contributed by atoms with Gasteiger partial charge in [-0.3, -0.25) is 0 Å². The predicted molar refractivity (Wildman–Crippen MR) is 103 cm³/mol. The molecule has 6 nitrogen and oxygen atoms in total. The van der Waals surface area contributed by atoms with Crippen molar-refractivity contribution in [3.63, 3.8) is 0 Å². The van der Waals surface area contributed by atoms with E-state index in [0.717, 1.165) is 41.0 Å². The van der Waals surface area contributed by atoms with Crippen molar-refractivity contribution in [2.24, 2.45) is 0 Å². The van der Waals surface area contributed by atoms with E-state index < -0.39 is 0 Å². The van der Waals surface area contributed by atoms with Crippen LogP contribution >= 0.6 is 11.3 Å². The fourth-order valence-corrected chi connectivity index (χ4v) is 3.81. The lowest BCUT2D eigenvalue weighted by molar-refractivity contribution is 0.812. The topological polar surface area (TPSA) is 68.0 Å². The van der Waals surface area contributed by atoms with E-state index in [2.05, 4.69) is 38.1 Å². The zero-order chi connectivity index (χ0) is 17.3. The van der Waals surface area contributed by atoms with Crippen molar-refractivity contribution in [2.75, 3.05) is 11.9 Å². The Hall–Kier alpha value is -2.80. The molecule has 0 aliphatic heterocycles. The van der Waals surface area contributed by atoms with Crippen LogP contribution in [0.1, 0.15) is 30.3 Å². The van der Waals surface area contributed by atoms with Crippen molar-refractivity contribution < 1.29 is 0 Å². The van der Waals surface area contributed by atoms with Gasteiger partial charge in [-0.25, -0.2) is 4.98 Å². The summed E-state index contributed by atoms with van der Waals surface area (Å²) in [7, 11) is 0. The standard InChI is InChI=1S/C19H18N6S/c1-2-4-14(5-3-1)19-21-15(12-26-19)10-11-20-16-8-9-17-22-23-18(13-6-7-13)25(17)24-16/h1-5,8-9,12-13H,6-7,10-11H2,(H,20,24). The highest BCUT2D eigenvalue weighted by Gasteiger charge is 2.29. The summed E-state index contributed by atoms with van der Waals surface area (Å²) in [6.45, 7) is 0.789. The van der Waals surface area contributed by atoms with Gasteiger partial charge in [0.05, 0.1) is 5.69 Å². The number of rotatable bonds is 6. The summed E-state index contributed by atoms with van der Waals surface area (Å²) in [5.41, 5.74) is 3.08. The van der Waals surface area contributed by atoms with Crippen LogP contribution in [0.5, 0.6) is 0 Å². The second-order valence-corrected chi connectivity index (χ2v) is 7.37. The molecule has 26 heavy (non-hydrogen) atoms. The zero-order valence-electron chi connectivity index (χ0n) is 14.2. The van der Waals surface area contributed by atoms with Crippen LogP contribution in [0.3, 0.4) is 0 Å². The lowest BCUT2D eigenvalue weighted by Crippen LogP contribution is -2.09. The molecule has 0 atom stereocenters. The molecule has 0 radical (unpaired) electrons. The third kappa shape index (κ3) is 3.06. The monoisotopic (exact) mass is 362 g/mol. The molecule has 130 valence electrons. The van der Waals surface area contributed by atoms with E-state index in [1.54, 1.807) is 11.3 Å². The third-order valence-electron chi connectivity index (χ3n) is 4.49. The van der Waals surface area contributed by atoms with E-state index in [4.69, 9.17) is 4.98 Å². The normalized spacial score (nSPS) is 14.0. The summed E-state index contributed by atoms with van der Waals surface area (Å²) in [6.07, 6.45) is 3.24. The summed E-state index contributed by atoms with van der Waals surface area (Å²) in [5, 5.41) is 19.7. The van der Waals surface area contributed by atoms with Crippen LogP contribution in [0, 0.1) is 0 Å². The first-order chi connectivity index (χ1) is 12.9. The Morgan fingerprint density at radius 2 is 1.96 bits per heavy atom. The minimum Gasteiger partial charge on any atom is -0.368 e. The van der Waals surface area contributed by atoms with Crippen molar-refractivity contribution in [1.29, 1.82) is 0 Å². The Balaban J connectivity index is 1.25. The molecule has 0 spiro atoms. The molecule has 0 saturated heterocycles. The number of hydrogen-bond donors (Lipinski definition) is 1. The smallest absolute Gasteiger partial charge is 0.178 e. The molecule has 1 aliphatic carbocycles. The number of fused-ring (bicyclic) bond motifs is 1. The Kier molecular flexibility index (Phi) is 3.86. The van der Waals surface area contributed by atoms with Crippen molar-refractivity contribution in [3.8, 4) is 10.6 Å². The number of anilines is 1. The van der Waals surface area contributed by atoms with Gasteiger partial charge in [0.15, 0.2) is 11.5 Å². The molecule has 7 heteroatoms. The molecular weight excluding hydrogens is 344 g/mol. The lowest BCUT2D eigenvalue weighted by atomic mass is 10.2. The molecule has 3 heterocycles. The summed E-state index contributed by atoms with van der Waals surface area (Å²) < 4.78 is 1.87. The predicted octanol–water partition coefficient (Wildman–Crippen LogP) is 3.78. The molecule has 1 aliphatic rings. The largest absolute Gasteiger partial charge is 0.368 e. The van der Waals surface area contributed by atoms with Crippen LogP contribution in [-0.2, 0) is 6.42 Å². The second kappa shape index (κ2) is 6.49. The first-order valence-electron chi connectivity index (χ1n) is 8.83. The van der Waals surface area contributed by atoms with Crippen molar-refractivity contribution in [3.05, 3.63) is 59.4 Å². The van der Waals surface area contributed by atoms with Gasteiger partial charge in [0, 0.05) is 29.8 Å². The van der Waals surface area contributed by atoms with E-state index in [-0.39, 0.29) is 0 Å². The van der Waals surface area contributed by atoms with E-state index in [0.29, 0.717) is 5.92 Å². The first-order valence-corrected chi connectivity index (χ1v) is 9.71. The fourth-order valence-electron chi connectivity index (χ4n) is 2.95. The highest BCUT2D eigenvalue weighted by atomic mass is 32.1. The molecule has 1 fully saturated rings. The number of aromatic nitrogens is 5. The summed E-state index contributed by atoms with van der Waals surface area (Å²) in [6, 6.07) is 14.2. The van der Waals surface area contributed by atoms with E-state index in [1.807, 2.05) is 34.8 Å². The van der Waals surface area contributed by atoms with Gasteiger partial charge >= 0.3 is 0 Å². The Labute approximate surface area is 154 Å². The van der Waals surface area contributed by atoms with E-state index in [1.165, 1.54) is 18.4 Å². The lowest BCUT2D eigenvalue weighted by Gasteiger charge is -2.05. The van der Waals surface area contributed by atoms with Crippen molar-refractivity contribution in [2.45, 2.75) is 25.2 Å². The maximum atomic E-state index is 4.73. The number of nitrogens with zero attached hydrogens (tertiary/aromatic N) is 5. The van der Waals surface area contributed by atoms with Gasteiger partial charge in [0.25, 0.3) is 0 Å². The SMILES string of the molecule is c1ccc(-c2nc(CCNc3ccc4nnc(C5CC5)n4n3)cs2)cc1. The zero-order valence-corrected chi connectivity index (χ0v) is 15.0. The minimum absolute atomic E-state index is 0.527. The molecule has 1 N–H and O–H groups in total. The van der Waals surface area contributed by atoms with Gasteiger partial charge in [-0.15, -0.1) is 26.6 Å². The second-order valence-electron chi connectivity index (χ2n) is 6.51. The average Bonchev–Trinajstić information content (AvgIpc) is 3.26. The van der Waals surface area contributed by atoms with Crippen LogP contribution < -0.4 is 5.32 Å². The van der Waals surface area contributed by atoms with Crippen LogP contribution in [0.2, 0.25) is 0 Å². The number of hydrogen-bond acceptors (Lipinski definition) is 6. The fraction of sp³-hybridized carbons (Fsp3) is 0.263. The first kappa shape index (κ1) is 15.5. The molecule has 0 amide bonds. The highest BCUT2D eigenvalue weighted by molar-refractivity contribution is 7.13. The molecule has 5 rings (SSSR count). The maximum Gasteiger partial charge on any atom is 0.178 e. The van der Waals surface area contributed by atoms with Crippen molar-refractivity contribution in [1.82, 2.24) is 24.8 Å². The summed E-state index contributed by atoms with van der Waals surface area (Å²) in [4.78, 5) is 4.73. The minimum atomic E-state index is 0.527.